The molecule has 4 nitrogen and oxygen atoms in total. The summed E-state index contributed by atoms with van der Waals surface area (Å²) in [5.74, 6) is -0.158. The first kappa shape index (κ1) is 21.7. The number of carbonyl (C=O) groups is 1. The van der Waals surface area contributed by atoms with Crippen molar-refractivity contribution in [2.75, 3.05) is 13.6 Å². The summed E-state index contributed by atoms with van der Waals surface area (Å²) in [6.45, 7) is 13.0. The zero-order valence-corrected chi connectivity index (χ0v) is 18.1. The Kier molecular flexibility index (Phi) is 7.38. The van der Waals surface area contributed by atoms with Gasteiger partial charge in [0.1, 0.15) is 6.10 Å². The van der Waals surface area contributed by atoms with Gasteiger partial charge in [0.05, 0.1) is 17.6 Å². The summed E-state index contributed by atoms with van der Waals surface area (Å²) in [5, 5.41) is 0. The average molecular weight is 381 g/mol. The van der Waals surface area contributed by atoms with E-state index in [-0.39, 0.29) is 18.0 Å². The molecule has 0 aliphatic heterocycles. The molecular weight excluding hydrogens is 348 g/mol. The van der Waals surface area contributed by atoms with Crippen molar-refractivity contribution >= 4 is 18.0 Å². The highest BCUT2D eigenvalue weighted by Crippen LogP contribution is 2.27. The molecule has 150 valence electrons. The van der Waals surface area contributed by atoms with Crippen LogP contribution in [0, 0.1) is 20.8 Å². The number of aliphatic imine (C=N–C) groups is 1. The predicted octanol–water partition coefficient (Wildman–Crippen LogP) is 5.57. The maximum atomic E-state index is 12.8. The van der Waals surface area contributed by atoms with Crippen molar-refractivity contribution < 1.29 is 9.53 Å². The van der Waals surface area contributed by atoms with Crippen LogP contribution in [0.25, 0.3) is 0 Å². The molecule has 28 heavy (non-hydrogen) atoms. The van der Waals surface area contributed by atoms with E-state index in [1.165, 1.54) is 11.1 Å². The van der Waals surface area contributed by atoms with Gasteiger partial charge in [-0.2, -0.15) is 0 Å². The van der Waals surface area contributed by atoms with Crippen LogP contribution in [0.2, 0.25) is 0 Å². The second kappa shape index (κ2) is 9.54. The Bertz CT molecular complexity index is 858. The number of rotatable bonds is 7. The SMILES string of the molecule is CCN(C)C=Nc1cc(C)c(C(=O)O[C@H](C)[C@H](C)c2ccccc2C)cc1C. The summed E-state index contributed by atoms with van der Waals surface area (Å²) < 4.78 is 5.81. The molecule has 0 radical (unpaired) electrons. The van der Waals surface area contributed by atoms with Gasteiger partial charge < -0.3 is 9.64 Å². The Morgan fingerprint density at radius 2 is 1.79 bits per heavy atom. The van der Waals surface area contributed by atoms with Crippen LogP contribution in [-0.4, -0.2) is 36.9 Å². The van der Waals surface area contributed by atoms with Gasteiger partial charge >= 0.3 is 5.97 Å². The highest BCUT2D eigenvalue weighted by atomic mass is 16.5. The lowest BCUT2D eigenvalue weighted by atomic mass is 9.92. The molecule has 0 amide bonds. The second-order valence-electron chi connectivity index (χ2n) is 7.53. The summed E-state index contributed by atoms with van der Waals surface area (Å²) in [7, 11) is 1.98. The molecule has 0 aliphatic carbocycles. The van der Waals surface area contributed by atoms with Crippen molar-refractivity contribution in [2.45, 2.75) is 53.6 Å². The summed E-state index contributed by atoms with van der Waals surface area (Å²) in [6, 6.07) is 12.1. The van der Waals surface area contributed by atoms with Gasteiger partial charge in [0.15, 0.2) is 0 Å². The second-order valence-corrected chi connectivity index (χ2v) is 7.53. The molecule has 2 atom stereocenters. The fourth-order valence-electron chi connectivity index (χ4n) is 3.09. The topological polar surface area (TPSA) is 41.9 Å². The molecule has 2 rings (SSSR count). The summed E-state index contributed by atoms with van der Waals surface area (Å²) in [5.41, 5.74) is 5.72. The van der Waals surface area contributed by atoms with Crippen molar-refractivity contribution in [3.05, 3.63) is 64.2 Å². The zero-order valence-electron chi connectivity index (χ0n) is 18.1. The first-order valence-electron chi connectivity index (χ1n) is 9.86. The number of carbonyl (C=O) groups excluding carboxylic acids is 1. The molecule has 0 aromatic heterocycles. The summed E-state index contributed by atoms with van der Waals surface area (Å²) >= 11 is 0. The number of aryl methyl sites for hydroxylation is 3. The minimum Gasteiger partial charge on any atom is -0.458 e. The lowest BCUT2D eigenvalue weighted by Gasteiger charge is -2.23. The van der Waals surface area contributed by atoms with Gasteiger partial charge in [0, 0.05) is 19.5 Å². The van der Waals surface area contributed by atoms with E-state index in [4.69, 9.17) is 4.74 Å². The van der Waals surface area contributed by atoms with Crippen LogP contribution in [-0.2, 0) is 4.74 Å². The highest BCUT2D eigenvalue weighted by molar-refractivity contribution is 5.92. The van der Waals surface area contributed by atoms with Crippen LogP contribution in [0.4, 0.5) is 5.69 Å². The van der Waals surface area contributed by atoms with E-state index in [0.29, 0.717) is 5.56 Å². The van der Waals surface area contributed by atoms with Crippen LogP contribution >= 0.6 is 0 Å². The standard InChI is InChI=1S/C24H32N2O2/c1-8-26(7)15-25-23-14-17(3)22(13-18(23)4)24(27)28-20(6)19(5)21-12-10-9-11-16(21)2/h9-15,19-20H,8H2,1-7H3/t19-,20+/m0/s1. The fourth-order valence-corrected chi connectivity index (χ4v) is 3.09. The molecule has 0 bridgehead atoms. The van der Waals surface area contributed by atoms with E-state index in [9.17, 15) is 4.79 Å². The van der Waals surface area contributed by atoms with Crippen LogP contribution in [0.15, 0.2) is 41.4 Å². The fraction of sp³-hybridized carbons (Fsp3) is 0.417. The van der Waals surface area contributed by atoms with Gasteiger partial charge in [-0.15, -0.1) is 0 Å². The van der Waals surface area contributed by atoms with Crippen LogP contribution < -0.4 is 0 Å². The highest BCUT2D eigenvalue weighted by Gasteiger charge is 2.22. The smallest absolute Gasteiger partial charge is 0.338 e. The molecule has 0 fully saturated rings. The quantitative estimate of drug-likeness (QED) is 0.358. The van der Waals surface area contributed by atoms with Gasteiger partial charge in [0.25, 0.3) is 0 Å². The molecule has 0 saturated carbocycles. The first-order valence-corrected chi connectivity index (χ1v) is 9.86. The van der Waals surface area contributed by atoms with Gasteiger partial charge in [-0.3, -0.25) is 0 Å². The van der Waals surface area contributed by atoms with E-state index in [2.05, 4.69) is 37.9 Å². The molecule has 0 spiro atoms. The van der Waals surface area contributed by atoms with E-state index in [1.54, 1.807) is 0 Å². The van der Waals surface area contributed by atoms with E-state index >= 15 is 0 Å². The minimum atomic E-state index is -0.283. The normalized spacial score (nSPS) is 13.4. The molecule has 0 N–H and O–H groups in total. The lowest BCUT2D eigenvalue weighted by molar-refractivity contribution is 0.0292. The van der Waals surface area contributed by atoms with Gasteiger partial charge in [-0.25, -0.2) is 9.79 Å². The summed E-state index contributed by atoms with van der Waals surface area (Å²) in [6.07, 6.45) is 1.59. The third kappa shape index (κ3) is 5.22. The number of ether oxygens (including phenoxy) is 1. The Labute approximate surface area is 169 Å². The number of esters is 1. The summed E-state index contributed by atoms with van der Waals surface area (Å²) in [4.78, 5) is 19.3. The Morgan fingerprint density at radius 3 is 2.43 bits per heavy atom. The van der Waals surface area contributed by atoms with E-state index in [0.717, 1.165) is 23.4 Å². The van der Waals surface area contributed by atoms with Crippen molar-refractivity contribution in [1.29, 1.82) is 0 Å². The molecule has 2 aromatic rings. The van der Waals surface area contributed by atoms with Gasteiger partial charge in [-0.1, -0.05) is 31.2 Å². The molecular formula is C24H32N2O2. The molecule has 0 saturated heterocycles. The Balaban J connectivity index is 2.17. The average Bonchev–Trinajstić information content (AvgIpc) is 2.67. The van der Waals surface area contributed by atoms with Crippen molar-refractivity contribution in [3.63, 3.8) is 0 Å². The molecule has 0 heterocycles. The van der Waals surface area contributed by atoms with Crippen LogP contribution in [0.1, 0.15) is 59.3 Å². The van der Waals surface area contributed by atoms with Crippen LogP contribution in [0.3, 0.4) is 0 Å². The molecule has 0 unspecified atom stereocenters. The number of benzene rings is 2. The van der Waals surface area contributed by atoms with E-state index in [1.807, 2.05) is 63.3 Å². The Morgan fingerprint density at radius 1 is 1.11 bits per heavy atom. The van der Waals surface area contributed by atoms with Crippen molar-refractivity contribution in [3.8, 4) is 0 Å². The largest absolute Gasteiger partial charge is 0.458 e. The zero-order chi connectivity index (χ0) is 20.8. The van der Waals surface area contributed by atoms with Crippen molar-refractivity contribution in [1.82, 2.24) is 4.90 Å². The number of nitrogens with zero attached hydrogens (tertiary/aromatic N) is 2. The predicted molar refractivity (Wildman–Crippen MR) is 117 cm³/mol. The molecule has 0 aliphatic rings. The molecule has 4 heteroatoms. The number of hydrogen-bond donors (Lipinski definition) is 0. The monoisotopic (exact) mass is 380 g/mol. The minimum absolute atomic E-state index is 0.125. The third-order valence-corrected chi connectivity index (χ3v) is 5.33. The Hall–Kier alpha value is -2.62. The number of hydrogen-bond acceptors (Lipinski definition) is 3. The van der Waals surface area contributed by atoms with Crippen molar-refractivity contribution in [2.24, 2.45) is 4.99 Å². The van der Waals surface area contributed by atoms with Crippen LogP contribution in [0.5, 0.6) is 0 Å². The lowest BCUT2D eigenvalue weighted by Crippen LogP contribution is -2.22. The molecule has 2 aromatic carbocycles. The van der Waals surface area contributed by atoms with E-state index < -0.39 is 0 Å². The third-order valence-electron chi connectivity index (χ3n) is 5.33. The van der Waals surface area contributed by atoms with Gasteiger partial charge in [-0.05, 0) is 69.0 Å². The maximum Gasteiger partial charge on any atom is 0.338 e. The maximum absolute atomic E-state index is 12.8. The first-order chi connectivity index (χ1) is 13.2. The van der Waals surface area contributed by atoms with Gasteiger partial charge in [0.2, 0.25) is 0 Å².